The summed E-state index contributed by atoms with van der Waals surface area (Å²) >= 11 is 0. The van der Waals surface area contributed by atoms with Gasteiger partial charge < -0.3 is 0 Å². The second-order valence-electron chi connectivity index (χ2n) is 2.50. The molecule has 9 heteroatoms. The van der Waals surface area contributed by atoms with Gasteiger partial charge in [0.15, 0.2) is 0 Å². The molecule has 1 aliphatic rings. The van der Waals surface area contributed by atoms with Gasteiger partial charge in [-0.25, -0.2) is 5.01 Å². The molecular formula is C4H7N5O4. The van der Waals surface area contributed by atoms with Crippen LogP contribution in [0.4, 0.5) is 0 Å². The zero-order valence-electron chi connectivity index (χ0n) is 6.57. The van der Waals surface area contributed by atoms with E-state index in [2.05, 4.69) is 10.6 Å². The molecule has 1 aliphatic heterocycles. The molecule has 13 heavy (non-hydrogen) atoms. The highest BCUT2D eigenvalue weighted by Gasteiger charge is 2.35. The van der Waals surface area contributed by atoms with E-state index in [0.717, 1.165) is 10.0 Å². The van der Waals surface area contributed by atoms with Crippen molar-refractivity contribution in [2.24, 2.45) is 10.6 Å². The number of rotatable bonds is 3. The first kappa shape index (κ1) is 9.29. The Morgan fingerprint density at radius 2 is 2.00 bits per heavy atom. The van der Waals surface area contributed by atoms with Crippen molar-refractivity contribution < 1.29 is 4.92 Å². The number of hydrogen-bond donors (Lipinski definition) is 0. The molecule has 0 radical (unpaired) electrons. The van der Waals surface area contributed by atoms with Crippen LogP contribution in [0.25, 0.3) is 0 Å². The summed E-state index contributed by atoms with van der Waals surface area (Å²) in [6.07, 6.45) is -1.27. The maximum Gasteiger partial charge on any atom is 0.322 e. The Morgan fingerprint density at radius 3 is 2.46 bits per heavy atom. The van der Waals surface area contributed by atoms with Crippen molar-refractivity contribution in [3.63, 3.8) is 0 Å². The average molecular weight is 189 g/mol. The van der Waals surface area contributed by atoms with Crippen LogP contribution in [0.5, 0.6) is 0 Å². The zero-order valence-corrected chi connectivity index (χ0v) is 6.57. The lowest BCUT2D eigenvalue weighted by atomic mass is 10.3. The zero-order chi connectivity index (χ0) is 9.84. The van der Waals surface area contributed by atoms with Crippen molar-refractivity contribution in [2.45, 2.75) is 6.17 Å². The van der Waals surface area contributed by atoms with Crippen LogP contribution in [0.15, 0.2) is 10.6 Å². The lowest BCUT2D eigenvalue weighted by Gasteiger charge is -2.28. The molecule has 0 aromatic rings. The molecule has 0 spiro atoms. The topological polar surface area (TPSA) is 108 Å². The largest absolute Gasteiger partial charge is 0.322 e. The van der Waals surface area contributed by atoms with Crippen LogP contribution >= 0.6 is 0 Å². The van der Waals surface area contributed by atoms with Gasteiger partial charge in [-0.2, -0.15) is 5.01 Å². The lowest BCUT2D eigenvalue weighted by molar-refractivity contribution is -0.555. The molecule has 0 aromatic carbocycles. The number of piperazine rings is 1. The molecule has 0 unspecified atom stereocenters. The second kappa shape index (κ2) is 3.74. The van der Waals surface area contributed by atoms with Crippen LogP contribution < -0.4 is 0 Å². The van der Waals surface area contributed by atoms with Gasteiger partial charge >= 0.3 is 6.17 Å². The van der Waals surface area contributed by atoms with Gasteiger partial charge in [0.05, 0.1) is 23.7 Å². The summed E-state index contributed by atoms with van der Waals surface area (Å²) in [7, 11) is 0. The molecule has 0 N–H and O–H groups in total. The Labute approximate surface area is 72.3 Å². The predicted molar refractivity (Wildman–Crippen MR) is 40.7 cm³/mol. The predicted octanol–water partition coefficient (Wildman–Crippen LogP) is -0.430. The second-order valence-corrected chi connectivity index (χ2v) is 2.50. The van der Waals surface area contributed by atoms with E-state index >= 15 is 0 Å². The van der Waals surface area contributed by atoms with Crippen LogP contribution in [0.1, 0.15) is 0 Å². The fourth-order valence-corrected chi connectivity index (χ4v) is 1.09. The summed E-state index contributed by atoms with van der Waals surface area (Å²) in [5, 5.41) is 17.2. The average Bonchev–Trinajstić information content (AvgIpc) is 2.16. The third-order valence-electron chi connectivity index (χ3n) is 1.77. The third kappa shape index (κ3) is 1.86. The molecule has 1 atom stereocenters. The van der Waals surface area contributed by atoms with Crippen molar-refractivity contribution in [3.8, 4) is 0 Å². The summed E-state index contributed by atoms with van der Waals surface area (Å²) in [5.74, 6) is 0. The van der Waals surface area contributed by atoms with Crippen molar-refractivity contribution in [3.05, 3.63) is 19.9 Å². The fraction of sp³-hybridized carbons (Fsp3) is 1.00. The summed E-state index contributed by atoms with van der Waals surface area (Å²) in [5.41, 5.74) is 0. The minimum atomic E-state index is -1.27. The van der Waals surface area contributed by atoms with Crippen molar-refractivity contribution in [1.82, 2.24) is 10.0 Å². The molecular weight excluding hydrogens is 182 g/mol. The van der Waals surface area contributed by atoms with Crippen molar-refractivity contribution >= 4 is 0 Å². The van der Waals surface area contributed by atoms with E-state index in [1.807, 2.05) is 0 Å². The number of nitroso groups, excluding NO2 is 2. The van der Waals surface area contributed by atoms with Crippen LogP contribution in [0, 0.1) is 19.9 Å². The highest BCUT2D eigenvalue weighted by atomic mass is 16.6. The normalized spacial score (nSPS) is 22.6. The molecule has 0 aliphatic carbocycles. The van der Waals surface area contributed by atoms with Crippen molar-refractivity contribution in [1.29, 1.82) is 0 Å². The number of hydrogen-bond acceptors (Lipinski definition) is 6. The van der Waals surface area contributed by atoms with Gasteiger partial charge in [0.25, 0.3) is 0 Å². The molecule has 1 heterocycles. The minimum absolute atomic E-state index is 0.0425. The van der Waals surface area contributed by atoms with Gasteiger partial charge in [0, 0.05) is 4.92 Å². The molecule has 0 saturated carbocycles. The Bertz CT molecular complexity index is 233. The molecule has 9 nitrogen and oxygen atoms in total. The standard InChI is InChI=1S/C4H7N5O4/c10-5-7-1-2-8(6-11)4(3-7)9(12)13/h4H,1-3H2/t4-/m1/s1. The highest BCUT2D eigenvalue weighted by Crippen LogP contribution is 2.10. The van der Waals surface area contributed by atoms with Crippen LogP contribution in [-0.4, -0.2) is 40.7 Å². The van der Waals surface area contributed by atoms with E-state index in [9.17, 15) is 19.9 Å². The summed E-state index contributed by atoms with van der Waals surface area (Å²) in [6.45, 7) is 0.0166. The molecule has 1 saturated heterocycles. The van der Waals surface area contributed by atoms with Gasteiger partial charge in [0.1, 0.15) is 6.54 Å². The van der Waals surface area contributed by atoms with E-state index in [-0.39, 0.29) is 19.6 Å². The monoisotopic (exact) mass is 189 g/mol. The minimum Gasteiger partial charge on any atom is -0.262 e. The van der Waals surface area contributed by atoms with Crippen LogP contribution in [-0.2, 0) is 0 Å². The van der Waals surface area contributed by atoms with Crippen molar-refractivity contribution in [2.75, 3.05) is 19.6 Å². The Hall–Kier alpha value is -1.80. The van der Waals surface area contributed by atoms with E-state index < -0.39 is 11.1 Å². The SMILES string of the molecule is O=NN1CCN(N=O)[C@H]([N+](=O)[O-])C1. The summed E-state index contributed by atoms with van der Waals surface area (Å²) in [4.78, 5) is 29.9. The molecule has 0 amide bonds. The first-order valence-electron chi connectivity index (χ1n) is 3.50. The van der Waals surface area contributed by atoms with E-state index in [0.29, 0.717) is 0 Å². The first-order chi connectivity index (χ1) is 6.19. The maximum atomic E-state index is 10.4. The Balaban J connectivity index is 2.67. The lowest BCUT2D eigenvalue weighted by Crippen LogP contribution is -2.52. The van der Waals surface area contributed by atoms with E-state index in [1.165, 1.54) is 0 Å². The highest BCUT2D eigenvalue weighted by molar-refractivity contribution is 4.70. The Morgan fingerprint density at radius 1 is 1.31 bits per heavy atom. The third-order valence-corrected chi connectivity index (χ3v) is 1.77. The van der Waals surface area contributed by atoms with Gasteiger partial charge in [-0.3, -0.25) is 10.1 Å². The smallest absolute Gasteiger partial charge is 0.262 e. The summed E-state index contributed by atoms with van der Waals surface area (Å²) in [6, 6.07) is 0. The molecule has 1 rings (SSSR count). The fourth-order valence-electron chi connectivity index (χ4n) is 1.09. The number of nitro groups is 1. The Kier molecular flexibility index (Phi) is 2.67. The molecule has 1 fully saturated rings. The van der Waals surface area contributed by atoms with E-state index in [4.69, 9.17) is 0 Å². The number of nitrogens with zero attached hydrogens (tertiary/aromatic N) is 5. The molecule has 0 bridgehead atoms. The van der Waals surface area contributed by atoms with Gasteiger partial charge in [-0.15, -0.1) is 9.81 Å². The van der Waals surface area contributed by atoms with Gasteiger partial charge in [-0.05, 0) is 0 Å². The van der Waals surface area contributed by atoms with Crippen LogP contribution in [0.3, 0.4) is 0 Å². The van der Waals surface area contributed by atoms with E-state index in [1.54, 1.807) is 0 Å². The van der Waals surface area contributed by atoms with Gasteiger partial charge in [-0.1, -0.05) is 0 Å². The molecule has 0 aromatic heterocycles. The van der Waals surface area contributed by atoms with Gasteiger partial charge in [0.2, 0.25) is 0 Å². The molecule has 72 valence electrons. The maximum absolute atomic E-state index is 10.4. The quantitative estimate of drug-likeness (QED) is 0.338. The summed E-state index contributed by atoms with van der Waals surface area (Å²) < 4.78 is 0. The van der Waals surface area contributed by atoms with Crippen LogP contribution in [0.2, 0.25) is 0 Å². The first-order valence-corrected chi connectivity index (χ1v) is 3.50.